The third kappa shape index (κ3) is 6.41. The minimum Gasteiger partial charge on any atom is -0.361 e. The number of rotatable bonds is 10. The second kappa shape index (κ2) is 10.4. The molecule has 0 bridgehead atoms. The van der Waals surface area contributed by atoms with Gasteiger partial charge in [-0.25, -0.2) is 8.42 Å². The van der Waals surface area contributed by atoms with E-state index in [9.17, 15) is 13.2 Å². The van der Waals surface area contributed by atoms with Crippen LogP contribution in [0.15, 0.2) is 59.6 Å². The fourth-order valence-corrected chi connectivity index (χ4v) is 4.92. The van der Waals surface area contributed by atoms with Crippen LogP contribution in [0.25, 0.3) is 10.9 Å². The minimum atomic E-state index is -3.85. The second-order valence-corrected chi connectivity index (χ2v) is 11.0. The molecule has 166 valence electrons. The largest absolute Gasteiger partial charge is 0.361 e. The van der Waals surface area contributed by atoms with Crippen LogP contribution in [0.3, 0.4) is 0 Å². The molecular formula is C23H28BrN3O3S. The molecule has 0 radical (unpaired) electrons. The molecule has 8 heteroatoms. The van der Waals surface area contributed by atoms with E-state index in [0.717, 1.165) is 34.9 Å². The lowest BCUT2D eigenvalue weighted by atomic mass is 10.0. The Morgan fingerprint density at radius 2 is 1.84 bits per heavy atom. The summed E-state index contributed by atoms with van der Waals surface area (Å²) >= 11 is 3.50. The molecule has 6 nitrogen and oxygen atoms in total. The van der Waals surface area contributed by atoms with Gasteiger partial charge in [0, 0.05) is 28.5 Å². The van der Waals surface area contributed by atoms with Gasteiger partial charge in [-0.15, -0.1) is 0 Å². The van der Waals surface area contributed by atoms with Crippen LogP contribution >= 0.6 is 15.9 Å². The van der Waals surface area contributed by atoms with E-state index in [0.29, 0.717) is 11.4 Å². The topological polar surface area (TPSA) is 91.1 Å². The van der Waals surface area contributed by atoms with Crippen molar-refractivity contribution >= 4 is 42.8 Å². The van der Waals surface area contributed by atoms with Crippen LogP contribution in [0.2, 0.25) is 0 Å². The molecule has 0 aliphatic heterocycles. The normalized spacial score (nSPS) is 13.8. The molecule has 1 amide bonds. The zero-order valence-electron chi connectivity index (χ0n) is 17.7. The predicted molar refractivity (Wildman–Crippen MR) is 128 cm³/mol. The summed E-state index contributed by atoms with van der Waals surface area (Å²) < 4.78 is 28.5. The first kappa shape index (κ1) is 23.5. The standard InChI is InChI=1S/C23H28BrN3O3S/c1-16-9-11-19(12-10-16)31(29,30)27-22(23(28)25-13-5-6-17(2)24)14-18-15-26-21-8-4-3-7-20(18)21/h3-4,7-12,15,17,22,26-27H,5-6,13-14H2,1-2H3,(H,25,28). The van der Waals surface area contributed by atoms with Crippen LogP contribution < -0.4 is 10.0 Å². The molecule has 0 saturated carbocycles. The van der Waals surface area contributed by atoms with Gasteiger partial charge >= 0.3 is 0 Å². The summed E-state index contributed by atoms with van der Waals surface area (Å²) in [5, 5.41) is 3.86. The Morgan fingerprint density at radius 1 is 1.13 bits per heavy atom. The van der Waals surface area contributed by atoms with Crippen molar-refractivity contribution in [1.29, 1.82) is 0 Å². The molecule has 0 spiro atoms. The number of H-pyrrole nitrogens is 1. The van der Waals surface area contributed by atoms with Crippen molar-refractivity contribution in [2.75, 3.05) is 6.54 Å². The van der Waals surface area contributed by atoms with Gasteiger partial charge in [-0.1, -0.05) is 58.7 Å². The molecule has 0 fully saturated rings. The van der Waals surface area contributed by atoms with Crippen LogP contribution in [-0.4, -0.2) is 36.7 Å². The lowest BCUT2D eigenvalue weighted by Gasteiger charge is -2.19. The summed E-state index contributed by atoms with van der Waals surface area (Å²) in [4.78, 5) is 16.6. The molecule has 31 heavy (non-hydrogen) atoms. The highest BCUT2D eigenvalue weighted by atomic mass is 79.9. The molecule has 3 aromatic rings. The van der Waals surface area contributed by atoms with Gasteiger partial charge < -0.3 is 10.3 Å². The number of halogens is 1. The monoisotopic (exact) mass is 505 g/mol. The number of nitrogens with one attached hydrogen (secondary N) is 3. The van der Waals surface area contributed by atoms with Gasteiger partial charge in [0.1, 0.15) is 6.04 Å². The zero-order chi connectivity index (χ0) is 22.4. The molecule has 3 rings (SSSR count). The van der Waals surface area contributed by atoms with Crippen LogP contribution in [0, 0.1) is 6.92 Å². The van der Waals surface area contributed by atoms with E-state index in [-0.39, 0.29) is 17.2 Å². The maximum atomic E-state index is 13.0. The quantitative estimate of drug-likeness (QED) is 0.286. The van der Waals surface area contributed by atoms with Crippen molar-refractivity contribution in [2.45, 2.75) is 48.9 Å². The SMILES string of the molecule is Cc1ccc(S(=O)(=O)NC(Cc2c[nH]c3ccccc23)C(=O)NCCCC(C)Br)cc1. The van der Waals surface area contributed by atoms with Crippen LogP contribution in [0.5, 0.6) is 0 Å². The number of benzene rings is 2. The fraction of sp³-hybridized carbons (Fsp3) is 0.348. The second-order valence-electron chi connectivity index (χ2n) is 7.76. The number of carbonyl (C=O) groups excluding carboxylic acids is 1. The van der Waals surface area contributed by atoms with Gasteiger partial charge in [0.15, 0.2) is 0 Å². The van der Waals surface area contributed by atoms with Crippen molar-refractivity contribution in [3.05, 3.63) is 65.9 Å². The third-order valence-electron chi connectivity index (χ3n) is 5.12. The smallest absolute Gasteiger partial charge is 0.241 e. The lowest BCUT2D eigenvalue weighted by molar-refractivity contribution is -0.122. The first-order chi connectivity index (χ1) is 14.8. The first-order valence-corrected chi connectivity index (χ1v) is 12.7. The van der Waals surface area contributed by atoms with Crippen molar-refractivity contribution in [2.24, 2.45) is 0 Å². The number of para-hydroxylation sites is 1. The van der Waals surface area contributed by atoms with Gasteiger partial charge in [-0.3, -0.25) is 4.79 Å². The molecular weight excluding hydrogens is 478 g/mol. The number of fused-ring (bicyclic) bond motifs is 1. The molecule has 2 aromatic carbocycles. The average molecular weight is 506 g/mol. The number of aromatic amines is 1. The van der Waals surface area contributed by atoms with Crippen molar-refractivity contribution in [1.82, 2.24) is 15.0 Å². The minimum absolute atomic E-state index is 0.142. The Hall–Kier alpha value is -2.16. The Balaban J connectivity index is 1.81. The Kier molecular flexibility index (Phi) is 7.91. The maximum absolute atomic E-state index is 13.0. The van der Waals surface area contributed by atoms with Crippen molar-refractivity contribution < 1.29 is 13.2 Å². The van der Waals surface area contributed by atoms with Crippen LogP contribution in [0.1, 0.15) is 30.9 Å². The van der Waals surface area contributed by atoms with Gasteiger partial charge in [0.2, 0.25) is 15.9 Å². The number of sulfonamides is 1. The number of amides is 1. The Morgan fingerprint density at radius 3 is 2.55 bits per heavy atom. The number of aromatic nitrogens is 1. The number of hydrogen-bond donors (Lipinski definition) is 3. The maximum Gasteiger partial charge on any atom is 0.241 e. The van der Waals surface area contributed by atoms with E-state index >= 15 is 0 Å². The molecule has 3 N–H and O–H groups in total. The molecule has 1 heterocycles. The van der Waals surface area contributed by atoms with E-state index in [1.807, 2.05) is 37.4 Å². The lowest BCUT2D eigenvalue weighted by Crippen LogP contribution is -2.48. The van der Waals surface area contributed by atoms with Crippen molar-refractivity contribution in [3.8, 4) is 0 Å². The highest BCUT2D eigenvalue weighted by Gasteiger charge is 2.26. The number of carbonyl (C=O) groups is 1. The van der Waals surface area contributed by atoms with E-state index in [4.69, 9.17) is 0 Å². The van der Waals surface area contributed by atoms with E-state index in [2.05, 4.69) is 37.9 Å². The third-order valence-corrected chi connectivity index (χ3v) is 7.07. The molecule has 0 saturated heterocycles. The summed E-state index contributed by atoms with van der Waals surface area (Å²) in [7, 11) is -3.85. The summed E-state index contributed by atoms with van der Waals surface area (Å²) in [5.41, 5.74) is 2.80. The van der Waals surface area contributed by atoms with Crippen LogP contribution in [-0.2, 0) is 21.2 Å². The fourth-order valence-electron chi connectivity index (χ4n) is 3.40. The summed E-state index contributed by atoms with van der Waals surface area (Å²) in [6, 6.07) is 13.4. The zero-order valence-corrected chi connectivity index (χ0v) is 20.1. The van der Waals surface area contributed by atoms with E-state index in [1.165, 1.54) is 0 Å². The number of aryl methyl sites for hydroxylation is 1. The predicted octanol–water partition coefficient (Wildman–Crippen LogP) is 4.05. The highest BCUT2D eigenvalue weighted by molar-refractivity contribution is 9.09. The van der Waals surface area contributed by atoms with E-state index < -0.39 is 16.1 Å². The molecule has 2 atom stereocenters. The molecule has 0 aliphatic rings. The first-order valence-electron chi connectivity index (χ1n) is 10.3. The van der Waals surface area contributed by atoms with E-state index in [1.54, 1.807) is 24.3 Å². The van der Waals surface area contributed by atoms with Crippen molar-refractivity contribution in [3.63, 3.8) is 0 Å². The summed E-state index contributed by atoms with van der Waals surface area (Å²) in [6.07, 6.45) is 3.80. The Labute approximate surface area is 192 Å². The molecule has 2 unspecified atom stereocenters. The summed E-state index contributed by atoms with van der Waals surface area (Å²) in [6.45, 7) is 4.44. The average Bonchev–Trinajstić information content (AvgIpc) is 3.13. The molecule has 1 aromatic heterocycles. The van der Waals surface area contributed by atoms with Gasteiger partial charge in [0.25, 0.3) is 0 Å². The number of alkyl halides is 1. The molecule has 0 aliphatic carbocycles. The Bertz CT molecular complexity index is 1120. The summed E-state index contributed by atoms with van der Waals surface area (Å²) in [5.74, 6) is -0.330. The van der Waals surface area contributed by atoms with Gasteiger partial charge in [-0.2, -0.15) is 4.72 Å². The van der Waals surface area contributed by atoms with Gasteiger partial charge in [-0.05, 0) is 49.9 Å². The van der Waals surface area contributed by atoms with Crippen LogP contribution in [0.4, 0.5) is 0 Å². The van der Waals surface area contributed by atoms with Gasteiger partial charge in [0.05, 0.1) is 4.90 Å². The number of hydrogen-bond acceptors (Lipinski definition) is 3. The highest BCUT2D eigenvalue weighted by Crippen LogP contribution is 2.20.